The highest BCUT2D eigenvalue weighted by molar-refractivity contribution is 5.59. The molecule has 0 saturated heterocycles. The smallest absolute Gasteiger partial charge is 0.231 e. The normalized spacial score (nSPS) is 12.8. The second kappa shape index (κ2) is 13.2. The predicted octanol–water partition coefficient (Wildman–Crippen LogP) is 7.41. The third kappa shape index (κ3) is 6.52. The predicted molar refractivity (Wildman–Crippen MR) is 173 cm³/mol. The van der Waals surface area contributed by atoms with Crippen LogP contribution >= 0.6 is 0 Å². The Morgan fingerprint density at radius 1 is 0.689 bits per heavy atom. The Bertz CT molecular complexity index is 1780. The molecule has 226 valence electrons. The van der Waals surface area contributed by atoms with Crippen molar-refractivity contribution in [3.8, 4) is 46.2 Å². The van der Waals surface area contributed by atoms with E-state index in [0.717, 1.165) is 81.9 Å². The number of nitrogens with zero attached hydrogens (tertiary/aromatic N) is 3. The molecule has 0 aliphatic carbocycles. The maximum absolute atomic E-state index is 5.71. The van der Waals surface area contributed by atoms with E-state index in [4.69, 9.17) is 23.9 Å². The zero-order valence-corrected chi connectivity index (χ0v) is 25.4. The lowest BCUT2D eigenvalue weighted by Gasteiger charge is -2.24. The van der Waals surface area contributed by atoms with E-state index in [1.807, 2.05) is 48.5 Å². The molecule has 0 fully saturated rings. The second-order valence-electron chi connectivity index (χ2n) is 11.2. The molecular formula is C38H35N3O4. The van der Waals surface area contributed by atoms with Gasteiger partial charge in [-0.2, -0.15) is 0 Å². The molecule has 0 radical (unpaired) electrons. The molecular weight excluding hydrogens is 562 g/mol. The van der Waals surface area contributed by atoms with Crippen LogP contribution in [0.25, 0.3) is 11.4 Å². The first-order valence-corrected chi connectivity index (χ1v) is 15.4. The monoisotopic (exact) mass is 597 g/mol. The van der Waals surface area contributed by atoms with E-state index in [2.05, 4.69) is 76.8 Å². The van der Waals surface area contributed by atoms with Gasteiger partial charge in [0.25, 0.3) is 0 Å². The van der Waals surface area contributed by atoms with Crippen LogP contribution in [-0.4, -0.2) is 28.0 Å². The van der Waals surface area contributed by atoms with Crippen molar-refractivity contribution in [1.29, 1.82) is 0 Å². The molecule has 7 heteroatoms. The molecule has 5 aromatic rings. The molecule has 1 aromatic heterocycles. The zero-order chi connectivity index (χ0) is 30.4. The van der Waals surface area contributed by atoms with Crippen molar-refractivity contribution in [2.45, 2.75) is 45.9 Å². The minimum Gasteiger partial charge on any atom is -0.454 e. The first-order valence-electron chi connectivity index (χ1n) is 15.4. The van der Waals surface area contributed by atoms with Crippen LogP contribution in [0.1, 0.15) is 47.8 Å². The van der Waals surface area contributed by atoms with Crippen LogP contribution in [0, 0.1) is 11.8 Å². The fraction of sp³-hybridized carbons (Fsp3) is 0.237. The Morgan fingerprint density at radius 2 is 1.29 bits per heavy atom. The molecule has 45 heavy (non-hydrogen) atoms. The van der Waals surface area contributed by atoms with Crippen LogP contribution in [0.4, 0.5) is 0 Å². The second-order valence-corrected chi connectivity index (χ2v) is 11.2. The van der Waals surface area contributed by atoms with Crippen molar-refractivity contribution in [2.24, 2.45) is 0 Å². The van der Waals surface area contributed by atoms with Crippen molar-refractivity contribution in [3.05, 3.63) is 125 Å². The van der Waals surface area contributed by atoms with Crippen LogP contribution < -0.4 is 18.9 Å². The average molecular weight is 598 g/mol. The SMILES string of the molecule is CCCCn1c(-c2ccccc2)nc(C#Cc2ccccc2)c1CN(Cc1ccc2c(c1)OCO2)Cc1ccc2c(c1)OCO2. The summed E-state index contributed by atoms with van der Waals surface area (Å²) in [6, 6.07) is 32.9. The molecule has 7 nitrogen and oxygen atoms in total. The molecule has 3 heterocycles. The fourth-order valence-corrected chi connectivity index (χ4v) is 5.74. The van der Waals surface area contributed by atoms with E-state index in [9.17, 15) is 0 Å². The van der Waals surface area contributed by atoms with Crippen molar-refractivity contribution in [3.63, 3.8) is 0 Å². The van der Waals surface area contributed by atoms with Crippen molar-refractivity contribution in [2.75, 3.05) is 13.6 Å². The summed E-state index contributed by atoms with van der Waals surface area (Å²) >= 11 is 0. The third-order valence-electron chi connectivity index (χ3n) is 8.00. The van der Waals surface area contributed by atoms with Gasteiger partial charge in [-0.1, -0.05) is 79.9 Å². The van der Waals surface area contributed by atoms with Gasteiger partial charge in [0.1, 0.15) is 11.5 Å². The Balaban J connectivity index is 1.30. The van der Waals surface area contributed by atoms with Gasteiger partial charge >= 0.3 is 0 Å². The first-order chi connectivity index (χ1) is 22.2. The summed E-state index contributed by atoms with van der Waals surface area (Å²) in [5.41, 5.74) is 6.23. The van der Waals surface area contributed by atoms with Crippen LogP contribution in [0.5, 0.6) is 23.0 Å². The number of unbranched alkanes of at least 4 members (excludes halogenated alkanes) is 1. The number of aromatic nitrogens is 2. The van der Waals surface area contributed by atoms with Gasteiger partial charge in [-0.3, -0.25) is 4.90 Å². The van der Waals surface area contributed by atoms with Crippen LogP contribution in [0.2, 0.25) is 0 Å². The summed E-state index contributed by atoms with van der Waals surface area (Å²) in [5, 5.41) is 0. The lowest BCUT2D eigenvalue weighted by molar-refractivity contribution is 0.173. The summed E-state index contributed by atoms with van der Waals surface area (Å²) in [4.78, 5) is 7.63. The van der Waals surface area contributed by atoms with Gasteiger partial charge in [0.15, 0.2) is 23.0 Å². The Kier molecular flexibility index (Phi) is 8.39. The molecule has 0 spiro atoms. The number of imidazole rings is 1. The number of rotatable bonds is 10. The quantitative estimate of drug-likeness (QED) is 0.156. The highest BCUT2D eigenvalue weighted by Crippen LogP contribution is 2.35. The van der Waals surface area contributed by atoms with Gasteiger partial charge < -0.3 is 23.5 Å². The van der Waals surface area contributed by atoms with Crippen molar-refractivity contribution in [1.82, 2.24) is 14.5 Å². The summed E-state index contributed by atoms with van der Waals surface area (Å²) in [7, 11) is 0. The topological polar surface area (TPSA) is 58.0 Å². The summed E-state index contributed by atoms with van der Waals surface area (Å²) in [5.74, 6) is 10.9. The maximum atomic E-state index is 5.71. The summed E-state index contributed by atoms with van der Waals surface area (Å²) in [6.07, 6.45) is 2.12. The molecule has 0 saturated carbocycles. The van der Waals surface area contributed by atoms with Gasteiger partial charge in [-0.15, -0.1) is 0 Å². The summed E-state index contributed by atoms with van der Waals surface area (Å²) < 4.78 is 25.0. The standard InChI is InChI=1S/C38H35N3O4/c1-2-3-20-41-33(32(17-14-28-10-6-4-7-11-28)39-38(41)31-12-8-5-9-13-31)25-40(23-29-15-18-34-36(21-29)44-26-42-34)24-30-16-19-35-37(22-30)45-27-43-35/h4-13,15-16,18-19,21-22H,2-3,20,23-27H2,1H3. The highest BCUT2D eigenvalue weighted by atomic mass is 16.7. The van der Waals surface area contributed by atoms with E-state index < -0.39 is 0 Å². The van der Waals surface area contributed by atoms with E-state index >= 15 is 0 Å². The molecule has 2 aliphatic heterocycles. The van der Waals surface area contributed by atoms with Gasteiger partial charge in [0.2, 0.25) is 13.6 Å². The molecule has 0 amide bonds. The third-order valence-corrected chi connectivity index (χ3v) is 8.00. The summed E-state index contributed by atoms with van der Waals surface area (Å²) in [6.45, 7) is 5.61. The minimum atomic E-state index is 0.252. The molecule has 7 rings (SSSR count). The lowest BCUT2D eigenvalue weighted by Crippen LogP contribution is -2.25. The number of hydrogen-bond acceptors (Lipinski definition) is 6. The van der Waals surface area contributed by atoms with Gasteiger partial charge in [-0.05, 0) is 59.9 Å². The van der Waals surface area contributed by atoms with E-state index in [1.165, 1.54) is 0 Å². The highest BCUT2D eigenvalue weighted by Gasteiger charge is 2.22. The molecule has 2 aliphatic rings. The Morgan fingerprint density at radius 3 is 1.91 bits per heavy atom. The van der Waals surface area contributed by atoms with Crippen LogP contribution in [0.3, 0.4) is 0 Å². The number of benzene rings is 4. The molecule has 0 atom stereocenters. The zero-order valence-electron chi connectivity index (χ0n) is 25.4. The number of ether oxygens (including phenoxy) is 4. The number of hydrogen-bond donors (Lipinski definition) is 0. The molecule has 0 unspecified atom stereocenters. The Labute approximate surface area is 264 Å². The Hall–Kier alpha value is -5.19. The van der Waals surface area contributed by atoms with Crippen LogP contribution in [-0.2, 0) is 26.2 Å². The van der Waals surface area contributed by atoms with Gasteiger partial charge in [-0.25, -0.2) is 4.98 Å². The molecule has 4 aromatic carbocycles. The molecule has 0 bridgehead atoms. The van der Waals surface area contributed by atoms with E-state index in [-0.39, 0.29) is 13.6 Å². The first kappa shape index (κ1) is 28.6. The maximum Gasteiger partial charge on any atom is 0.231 e. The minimum absolute atomic E-state index is 0.252. The lowest BCUT2D eigenvalue weighted by atomic mass is 10.1. The van der Waals surface area contributed by atoms with Gasteiger partial charge in [0, 0.05) is 37.3 Å². The van der Waals surface area contributed by atoms with Gasteiger partial charge in [0.05, 0.1) is 5.69 Å². The largest absolute Gasteiger partial charge is 0.454 e. The van der Waals surface area contributed by atoms with E-state index in [0.29, 0.717) is 19.6 Å². The van der Waals surface area contributed by atoms with E-state index in [1.54, 1.807) is 0 Å². The molecule has 0 N–H and O–H groups in total. The fourth-order valence-electron chi connectivity index (χ4n) is 5.74. The van der Waals surface area contributed by atoms with Crippen molar-refractivity contribution >= 4 is 0 Å². The average Bonchev–Trinajstić information content (AvgIpc) is 3.82. The number of fused-ring (bicyclic) bond motifs is 2. The van der Waals surface area contributed by atoms with Crippen LogP contribution in [0.15, 0.2) is 97.1 Å². The van der Waals surface area contributed by atoms with Crippen molar-refractivity contribution < 1.29 is 18.9 Å².